The number of benzene rings is 1. The summed E-state index contributed by atoms with van der Waals surface area (Å²) in [5, 5.41) is 8.73. The Morgan fingerprint density at radius 2 is 2.18 bits per heavy atom. The van der Waals surface area contributed by atoms with Gasteiger partial charge in [0.2, 0.25) is 0 Å². The topological polar surface area (TPSA) is 63.8 Å². The highest BCUT2D eigenvalue weighted by atomic mass is 35.5. The largest absolute Gasteiger partial charge is 0.334 e. The Morgan fingerprint density at radius 1 is 1.36 bits per heavy atom. The zero-order chi connectivity index (χ0) is 14.8. The van der Waals surface area contributed by atoms with Crippen molar-refractivity contribution >= 4 is 34.9 Å². The normalized spacial score (nSPS) is 12.1. The van der Waals surface area contributed by atoms with Gasteiger partial charge in [0.05, 0.1) is 11.1 Å². The van der Waals surface area contributed by atoms with Gasteiger partial charge >= 0.3 is 0 Å². The molecule has 1 N–H and O–H groups in total. The first kappa shape index (κ1) is 16.7. The molecule has 1 unspecified atom stereocenters. The monoisotopic (exact) mass is 338 g/mol. The van der Waals surface area contributed by atoms with Crippen LogP contribution in [-0.4, -0.2) is 28.2 Å². The Balaban J connectivity index is 0.00000176. The van der Waals surface area contributed by atoms with Crippen LogP contribution in [0.3, 0.4) is 0 Å². The zero-order valence-corrected chi connectivity index (χ0v) is 13.8. The predicted octanol–water partition coefficient (Wildman–Crippen LogP) is 3.51. The number of rotatable bonds is 4. The predicted molar refractivity (Wildman–Crippen MR) is 89.5 cm³/mol. The smallest absolute Gasteiger partial charge is 0.260 e. The summed E-state index contributed by atoms with van der Waals surface area (Å²) in [6.45, 7) is 2.06. The third-order valence-corrected chi connectivity index (χ3v) is 3.57. The molecule has 7 heteroatoms. The molecule has 2 aromatic heterocycles. The van der Waals surface area contributed by atoms with Gasteiger partial charge in [-0.1, -0.05) is 22.8 Å². The van der Waals surface area contributed by atoms with Crippen LogP contribution in [0.2, 0.25) is 5.02 Å². The number of hydrogen-bond donors (Lipinski definition) is 1. The highest BCUT2D eigenvalue weighted by Crippen LogP contribution is 2.29. The Kier molecular flexibility index (Phi) is 5.34. The van der Waals surface area contributed by atoms with Crippen LogP contribution < -0.4 is 5.32 Å². The minimum Gasteiger partial charge on any atom is -0.334 e. The number of likely N-dealkylation sites (N-methyl/N-ethyl adjacent to an activating group) is 1. The third kappa shape index (κ3) is 3.38. The van der Waals surface area contributed by atoms with Gasteiger partial charge in [-0.25, -0.2) is 0 Å². The summed E-state index contributed by atoms with van der Waals surface area (Å²) < 4.78 is 5.37. The SMILES string of the molecule is CNC(C)Cc1noc(-c2cc(Cl)cc3cccnc23)n1.Cl. The molecule has 3 rings (SSSR count). The molecular weight excluding hydrogens is 323 g/mol. The standard InChI is InChI=1S/C15H15ClN4O.ClH/c1-9(17-2)6-13-19-15(21-20-13)12-8-11(16)7-10-4-3-5-18-14(10)12;/h3-5,7-9,17H,6H2,1-2H3;1H. The molecule has 0 amide bonds. The number of aromatic nitrogens is 3. The molecule has 3 aromatic rings. The summed E-state index contributed by atoms with van der Waals surface area (Å²) in [5.74, 6) is 1.11. The quantitative estimate of drug-likeness (QED) is 0.788. The van der Waals surface area contributed by atoms with Crippen LogP contribution in [0.1, 0.15) is 12.7 Å². The Labute approximate surface area is 139 Å². The van der Waals surface area contributed by atoms with E-state index in [1.165, 1.54) is 0 Å². The summed E-state index contributed by atoms with van der Waals surface area (Å²) in [7, 11) is 1.90. The molecule has 0 fully saturated rings. The van der Waals surface area contributed by atoms with Crippen LogP contribution >= 0.6 is 24.0 Å². The molecule has 1 aromatic carbocycles. The number of nitrogens with one attached hydrogen (secondary N) is 1. The lowest BCUT2D eigenvalue weighted by Crippen LogP contribution is -2.24. The maximum Gasteiger partial charge on any atom is 0.260 e. The van der Waals surface area contributed by atoms with Crippen LogP contribution in [0.5, 0.6) is 0 Å². The molecule has 0 aliphatic carbocycles. The molecule has 0 bridgehead atoms. The molecule has 22 heavy (non-hydrogen) atoms. The molecule has 0 saturated heterocycles. The lowest BCUT2D eigenvalue weighted by atomic mass is 10.1. The van der Waals surface area contributed by atoms with E-state index in [0.717, 1.165) is 16.5 Å². The van der Waals surface area contributed by atoms with Crippen molar-refractivity contribution in [3.8, 4) is 11.5 Å². The van der Waals surface area contributed by atoms with E-state index in [0.29, 0.717) is 23.2 Å². The van der Waals surface area contributed by atoms with Crippen molar-refractivity contribution < 1.29 is 4.52 Å². The van der Waals surface area contributed by atoms with Gasteiger partial charge in [-0.15, -0.1) is 12.4 Å². The van der Waals surface area contributed by atoms with Crippen molar-refractivity contribution in [2.75, 3.05) is 7.05 Å². The fourth-order valence-corrected chi connectivity index (χ4v) is 2.37. The summed E-state index contributed by atoms with van der Waals surface area (Å²) in [5.41, 5.74) is 1.56. The second kappa shape index (κ2) is 7.05. The van der Waals surface area contributed by atoms with E-state index in [1.54, 1.807) is 12.3 Å². The van der Waals surface area contributed by atoms with Gasteiger partial charge in [0.1, 0.15) is 0 Å². The van der Waals surface area contributed by atoms with E-state index in [2.05, 4.69) is 27.4 Å². The van der Waals surface area contributed by atoms with Gasteiger partial charge in [-0.2, -0.15) is 4.98 Å². The van der Waals surface area contributed by atoms with Crippen LogP contribution in [0.15, 0.2) is 35.0 Å². The van der Waals surface area contributed by atoms with Gasteiger partial charge in [-0.3, -0.25) is 4.98 Å². The number of halogens is 2. The van der Waals surface area contributed by atoms with Crippen molar-refractivity contribution in [2.24, 2.45) is 0 Å². The van der Waals surface area contributed by atoms with Gasteiger partial charge in [0.15, 0.2) is 5.82 Å². The van der Waals surface area contributed by atoms with Gasteiger partial charge < -0.3 is 9.84 Å². The minimum atomic E-state index is 0. The second-order valence-corrected chi connectivity index (χ2v) is 5.37. The average molecular weight is 339 g/mol. The van der Waals surface area contributed by atoms with Crippen molar-refractivity contribution in [1.82, 2.24) is 20.4 Å². The lowest BCUT2D eigenvalue weighted by molar-refractivity contribution is 0.418. The molecule has 5 nitrogen and oxygen atoms in total. The van der Waals surface area contributed by atoms with Gasteiger partial charge in [0.25, 0.3) is 5.89 Å². The molecule has 0 radical (unpaired) electrons. The summed E-state index contributed by atoms with van der Waals surface area (Å²) in [6, 6.07) is 7.78. The van der Waals surface area contributed by atoms with Gasteiger partial charge in [0, 0.05) is 29.1 Å². The Hall–Kier alpha value is -1.69. The molecule has 0 aliphatic heterocycles. The third-order valence-electron chi connectivity index (χ3n) is 3.35. The number of fused-ring (bicyclic) bond motifs is 1. The molecular formula is C15H16Cl2N4O. The molecule has 0 aliphatic rings. The first-order valence-electron chi connectivity index (χ1n) is 6.72. The van der Waals surface area contributed by atoms with Crippen molar-refractivity contribution in [2.45, 2.75) is 19.4 Å². The fourth-order valence-electron chi connectivity index (χ4n) is 2.14. The molecule has 0 spiro atoms. The van der Waals surface area contributed by atoms with E-state index in [-0.39, 0.29) is 18.4 Å². The highest BCUT2D eigenvalue weighted by molar-refractivity contribution is 6.31. The lowest BCUT2D eigenvalue weighted by Gasteiger charge is -2.05. The van der Waals surface area contributed by atoms with Crippen molar-refractivity contribution in [3.05, 3.63) is 41.3 Å². The molecule has 2 heterocycles. The Morgan fingerprint density at radius 3 is 2.95 bits per heavy atom. The van der Waals surface area contributed by atoms with Crippen LogP contribution in [0, 0.1) is 0 Å². The average Bonchev–Trinajstić information content (AvgIpc) is 2.94. The number of nitrogens with zero attached hydrogens (tertiary/aromatic N) is 3. The maximum atomic E-state index is 6.16. The van der Waals surface area contributed by atoms with Crippen molar-refractivity contribution in [1.29, 1.82) is 0 Å². The van der Waals surface area contributed by atoms with E-state index < -0.39 is 0 Å². The van der Waals surface area contributed by atoms with Crippen LogP contribution in [0.4, 0.5) is 0 Å². The first-order valence-corrected chi connectivity index (χ1v) is 7.09. The van der Waals surface area contributed by atoms with Crippen LogP contribution in [0.25, 0.3) is 22.4 Å². The minimum absolute atomic E-state index is 0. The van der Waals surface area contributed by atoms with E-state index in [4.69, 9.17) is 16.1 Å². The van der Waals surface area contributed by atoms with Crippen LogP contribution in [-0.2, 0) is 6.42 Å². The van der Waals surface area contributed by atoms with E-state index >= 15 is 0 Å². The Bertz CT molecular complexity index is 775. The summed E-state index contributed by atoms with van der Waals surface area (Å²) in [6.07, 6.45) is 2.44. The number of pyridine rings is 1. The first-order chi connectivity index (χ1) is 10.2. The van der Waals surface area contributed by atoms with Gasteiger partial charge in [-0.05, 0) is 32.2 Å². The summed E-state index contributed by atoms with van der Waals surface area (Å²) >= 11 is 6.16. The highest BCUT2D eigenvalue weighted by Gasteiger charge is 2.15. The summed E-state index contributed by atoms with van der Waals surface area (Å²) in [4.78, 5) is 8.83. The number of hydrogen-bond acceptors (Lipinski definition) is 5. The maximum absolute atomic E-state index is 6.16. The van der Waals surface area contributed by atoms with Crippen molar-refractivity contribution in [3.63, 3.8) is 0 Å². The molecule has 0 saturated carbocycles. The second-order valence-electron chi connectivity index (χ2n) is 4.94. The molecule has 116 valence electrons. The fraction of sp³-hybridized carbons (Fsp3) is 0.267. The zero-order valence-electron chi connectivity index (χ0n) is 12.2. The van der Waals surface area contributed by atoms with E-state index in [9.17, 15) is 0 Å². The van der Waals surface area contributed by atoms with E-state index in [1.807, 2.05) is 25.2 Å². The molecule has 1 atom stereocenters.